The van der Waals surface area contributed by atoms with Crippen molar-refractivity contribution in [1.82, 2.24) is 0 Å². The second-order valence-corrected chi connectivity index (χ2v) is 7.84. The van der Waals surface area contributed by atoms with Gasteiger partial charge in [-0.05, 0) is 50.0 Å². The zero-order valence-corrected chi connectivity index (χ0v) is 12.8. The van der Waals surface area contributed by atoms with Crippen LogP contribution in [0.4, 0.5) is 0 Å². The molecular weight excluding hydrogens is 240 g/mol. The Morgan fingerprint density at radius 2 is 1.83 bits per heavy atom. The molecule has 1 saturated carbocycles. The van der Waals surface area contributed by atoms with Gasteiger partial charge in [-0.15, -0.1) is 11.3 Å². The van der Waals surface area contributed by atoms with E-state index in [-0.39, 0.29) is 5.92 Å². The van der Waals surface area contributed by atoms with E-state index in [1.807, 2.05) is 11.4 Å². The molecule has 0 spiro atoms. The standard InChI is InChI=1S/C16H24OS/c1-11-9-13(10-18-11)15(17)12-5-7-14(8-6-12)16(2,3)4/h9-10,12,14H,5-8H2,1-4H3. The highest BCUT2D eigenvalue weighted by atomic mass is 32.1. The van der Waals surface area contributed by atoms with Crippen molar-refractivity contribution in [3.05, 3.63) is 21.9 Å². The van der Waals surface area contributed by atoms with Crippen molar-refractivity contribution < 1.29 is 4.79 Å². The highest BCUT2D eigenvalue weighted by molar-refractivity contribution is 7.10. The van der Waals surface area contributed by atoms with Crippen molar-refractivity contribution in [2.45, 2.75) is 53.4 Å². The summed E-state index contributed by atoms with van der Waals surface area (Å²) in [6, 6.07) is 2.04. The van der Waals surface area contributed by atoms with E-state index in [2.05, 4.69) is 27.7 Å². The Bertz CT molecular complexity index is 417. The number of carbonyl (C=O) groups excluding carboxylic acids is 1. The summed E-state index contributed by atoms with van der Waals surface area (Å²) >= 11 is 1.68. The number of hydrogen-bond acceptors (Lipinski definition) is 2. The van der Waals surface area contributed by atoms with Gasteiger partial charge in [-0.2, -0.15) is 0 Å². The van der Waals surface area contributed by atoms with Crippen LogP contribution in [0.5, 0.6) is 0 Å². The number of thiophene rings is 1. The minimum absolute atomic E-state index is 0.276. The lowest BCUT2D eigenvalue weighted by Gasteiger charge is -2.36. The van der Waals surface area contributed by atoms with Gasteiger partial charge in [0.1, 0.15) is 0 Å². The van der Waals surface area contributed by atoms with Crippen LogP contribution in [-0.2, 0) is 0 Å². The third kappa shape index (κ3) is 3.03. The van der Waals surface area contributed by atoms with Crippen LogP contribution in [0.3, 0.4) is 0 Å². The highest BCUT2D eigenvalue weighted by Crippen LogP contribution is 2.40. The van der Waals surface area contributed by atoms with Crippen LogP contribution in [0.25, 0.3) is 0 Å². The molecule has 1 aromatic heterocycles. The van der Waals surface area contributed by atoms with Crippen molar-refractivity contribution in [3.63, 3.8) is 0 Å². The van der Waals surface area contributed by atoms with Crippen LogP contribution in [-0.4, -0.2) is 5.78 Å². The first-order valence-corrected chi connectivity index (χ1v) is 7.85. The van der Waals surface area contributed by atoms with E-state index < -0.39 is 0 Å². The Morgan fingerprint density at radius 1 is 1.22 bits per heavy atom. The van der Waals surface area contributed by atoms with Gasteiger partial charge in [-0.25, -0.2) is 0 Å². The molecule has 2 rings (SSSR count). The summed E-state index contributed by atoms with van der Waals surface area (Å²) in [6.45, 7) is 9.03. The quantitative estimate of drug-likeness (QED) is 0.680. The lowest BCUT2D eigenvalue weighted by Crippen LogP contribution is -2.28. The molecular formula is C16H24OS. The summed E-state index contributed by atoms with van der Waals surface area (Å²) in [5, 5.41) is 2.02. The molecule has 0 aliphatic heterocycles. The topological polar surface area (TPSA) is 17.1 Å². The molecule has 1 fully saturated rings. The third-order valence-electron chi connectivity index (χ3n) is 4.34. The van der Waals surface area contributed by atoms with E-state index in [0.717, 1.165) is 24.3 Å². The molecule has 2 heteroatoms. The average Bonchev–Trinajstić information content (AvgIpc) is 2.74. The van der Waals surface area contributed by atoms with Crippen molar-refractivity contribution in [2.75, 3.05) is 0 Å². The lowest BCUT2D eigenvalue weighted by molar-refractivity contribution is 0.0820. The largest absolute Gasteiger partial charge is 0.294 e. The first-order valence-electron chi connectivity index (χ1n) is 6.97. The van der Waals surface area contributed by atoms with Crippen LogP contribution in [0.2, 0.25) is 0 Å². The molecule has 0 radical (unpaired) electrons. The summed E-state index contributed by atoms with van der Waals surface area (Å²) in [5.74, 6) is 1.44. The molecule has 1 heterocycles. The van der Waals surface area contributed by atoms with Crippen LogP contribution in [0, 0.1) is 24.2 Å². The SMILES string of the molecule is Cc1cc(C(=O)C2CCC(C(C)(C)C)CC2)cs1. The maximum Gasteiger partial charge on any atom is 0.166 e. The fourth-order valence-electron chi connectivity index (χ4n) is 3.03. The van der Waals surface area contributed by atoms with Gasteiger partial charge < -0.3 is 0 Å². The molecule has 0 unspecified atom stereocenters. The van der Waals surface area contributed by atoms with Crippen molar-refractivity contribution in [3.8, 4) is 0 Å². The molecule has 0 bridgehead atoms. The number of carbonyl (C=O) groups is 1. The molecule has 0 atom stereocenters. The van der Waals surface area contributed by atoms with Gasteiger partial charge in [-0.1, -0.05) is 20.8 Å². The zero-order chi connectivity index (χ0) is 13.3. The van der Waals surface area contributed by atoms with E-state index in [1.54, 1.807) is 11.3 Å². The van der Waals surface area contributed by atoms with Crippen molar-refractivity contribution >= 4 is 17.1 Å². The summed E-state index contributed by atoms with van der Waals surface area (Å²) in [5.41, 5.74) is 1.34. The van der Waals surface area contributed by atoms with Crippen LogP contribution >= 0.6 is 11.3 Å². The molecule has 18 heavy (non-hydrogen) atoms. The van der Waals surface area contributed by atoms with Crippen LogP contribution in [0.15, 0.2) is 11.4 Å². The Morgan fingerprint density at radius 3 is 2.28 bits per heavy atom. The maximum absolute atomic E-state index is 12.4. The first kappa shape index (κ1) is 13.8. The number of Topliss-reactive ketones (excluding diaryl/α,β-unsaturated/α-hetero) is 1. The van der Waals surface area contributed by atoms with Gasteiger partial charge >= 0.3 is 0 Å². The lowest BCUT2D eigenvalue weighted by atomic mass is 9.69. The second kappa shape index (κ2) is 5.16. The van der Waals surface area contributed by atoms with Gasteiger partial charge in [0, 0.05) is 21.7 Å². The van der Waals surface area contributed by atoms with E-state index in [4.69, 9.17) is 0 Å². The van der Waals surface area contributed by atoms with E-state index in [9.17, 15) is 4.79 Å². The van der Waals surface area contributed by atoms with Gasteiger partial charge in [0.15, 0.2) is 5.78 Å². The summed E-state index contributed by atoms with van der Waals surface area (Å²) in [4.78, 5) is 13.6. The second-order valence-electron chi connectivity index (χ2n) is 6.72. The van der Waals surface area contributed by atoms with E-state index in [1.165, 1.54) is 17.7 Å². The molecule has 1 aromatic rings. The summed E-state index contributed by atoms with van der Waals surface area (Å²) in [7, 11) is 0. The Hall–Kier alpha value is -0.630. The molecule has 0 saturated heterocycles. The highest BCUT2D eigenvalue weighted by Gasteiger charge is 2.32. The molecule has 0 aromatic carbocycles. The average molecular weight is 264 g/mol. The molecule has 1 aliphatic rings. The molecule has 100 valence electrons. The minimum Gasteiger partial charge on any atom is -0.294 e. The summed E-state index contributed by atoms with van der Waals surface area (Å²) < 4.78 is 0. The summed E-state index contributed by atoms with van der Waals surface area (Å²) in [6.07, 6.45) is 4.58. The minimum atomic E-state index is 0.276. The number of rotatable bonds is 2. The molecule has 0 N–H and O–H groups in total. The zero-order valence-electron chi connectivity index (χ0n) is 12.0. The smallest absolute Gasteiger partial charge is 0.166 e. The predicted molar refractivity (Wildman–Crippen MR) is 78.3 cm³/mol. The van der Waals surface area contributed by atoms with Gasteiger partial charge in [-0.3, -0.25) is 4.79 Å². The Kier molecular flexibility index (Phi) is 3.96. The molecule has 1 aliphatic carbocycles. The van der Waals surface area contributed by atoms with Gasteiger partial charge in [0.05, 0.1) is 0 Å². The van der Waals surface area contributed by atoms with Crippen LogP contribution < -0.4 is 0 Å². The fourth-order valence-corrected chi connectivity index (χ4v) is 3.72. The fraction of sp³-hybridized carbons (Fsp3) is 0.688. The Labute approximate surface area is 115 Å². The normalized spacial score (nSPS) is 25.1. The van der Waals surface area contributed by atoms with Gasteiger partial charge in [0.2, 0.25) is 0 Å². The Balaban J connectivity index is 1.96. The number of aryl methyl sites for hydroxylation is 1. The first-order chi connectivity index (χ1) is 8.38. The van der Waals surface area contributed by atoms with Gasteiger partial charge in [0.25, 0.3) is 0 Å². The van der Waals surface area contributed by atoms with E-state index in [0.29, 0.717) is 11.2 Å². The van der Waals surface area contributed by atoms with Crippen molar-refractivity contribution in [1.29, 1.82) is 0 Å². The monoisotopic (exact) mass is 264 g/mol. The van der Waals surface area contributed by atoms with Crippen LogP contribution in [0.1, 0.15) is 61.7 Å². The molecule has 0 amide bonds. The maximum atomic E-state index is 12.4. The van der Waals surface area contributed by atoms with Crippen molar-refractivity contribution in [2.24, 2.45) is 17.3 Å². The number of ketones is 1. The number of hydrogen-bond donors (Lipinski definition) is 0. The van der Waals surface area contributed by atoms with E-state index >= 15 is 0 Å². The molecule has 1 nitrogen and oxygen atoms in total. The predicted octanol–water partition coefficient (Wildman–Crippen LogP) is 5.09. The third-order valence-corrected chi connectivity index (χ3v) is 5.20.